The summed E-state index contributed by atoms with van der Waals surface area (Å²) in [6.07, 6.45) is 47.2. The molecule has 0 N–H and O–H groups in total. The molecule has 0 amide bonds. The second-order valence-corrected chi connectivity index (χ2v) is 20.7. The van der Waals surface area contributed by atoms with Crippen LogP contribution in [0.4, 0.5) is 0 Å². The molecule has 1 aromatic heterocycles. The number of aromatic nitrogens is 3. The van der Waals surface area contributed by atoms with Gasteiger partial charge in [-0.1, -0.05) is 259 Å². The lowest BCUT2D eigenvalue weighted by Gasteiger charge is -2.11. The Morgan fingerprint density at radius 1 is 0.338 bits per heavy atom. The highest BCUT2D eigenvalue weighted by atomic mass is 16.5. The van der Waals surface area contributed by atoms with Crippen LogP contribution in [0.1, 0.15) is 258 Å². The molecule has 74 heavy (non-hydrogen) atoms. The number of unbranched alkanes of at least 4 members (excludes halogenated alkanes) is 30. The fraction of sp³-hybridized carbons (Fsp3) is 0.536. The Bertz CT molecular complexity index is 2310. The number of benzene rings is 4. The van der Waals surface area contributed by atoms with Crippen LogP contribution in [0.3, 0.4) is 0 Å². The third-order valence-electron chi connectivity index (χ3n) is 14.0. The molecule has 0 aliphatic carbocycles. The van der Waals surface area contributed by atoms with E-state index in [1.165, 1.54) is 193 Å². The highest BCUT2D eigenvalue weighted by Gasteiger charge is 2.05. The van der Waals surface area contributed by atoms with Crippen molar-refractivity contribution in [2.75, 3.05) is 13.2 Å². The lowest BCUT2D eigenvalue weighted by Crippen LogP contribution is -2.01. The molecule has 0 fully saturated rings. The molecule has 0 radical (unpaired) electrons. The largest absolute Gasteiger partial charge is 0.493 e. The van der Waals surface area contributed by atoms with Gasteiger partial charge in [-0.3, -0.25) is 0 Å². The van der Waals surface area contributed by atoms with Crippen LogP contribution in [0.2, 0.25) is 0 Å². The maximum absolute atomic E-state index is 6.35. The van der Waals surface area contributed by atoms with Crippen molar-refractivity contribution < 1.29 is 9.47 Å². The van der Waals surface area contributed by atoms with Crippen LogP contribution in [0.15, 0.2) is 103 Å². The van der Waals surface area contributed by atoms with E-state index in [1.807, 2.05) is 66.9 Å². The van der Waals surface area contributed by atoms with Crippen LogP contribution in [-0.4, -0.2) is 28.2 Å². The van der Waals surface area contributed by atoms with Gasteiger partial charge in [0.05, 0.1) is 26.0 Å². The van der Waals surface area contributed by atoms with E-state index in [4.69, 9.17) is 9.47 Å². The van der Waals surface area contributed by atoms with Crippen molar-refractivity contribution in [1.82, 2.24) is 15.0 Å². The highest BCUT2D eigenvalue weighted by molar-refractivity contribution is 5.52. The van der Waals surface area contributed by atoms with Crippen LogP contribution in [-0.2, 0) is 6.54 Å². The van der Waals surface area contributed by atoms with E-state index in [2.05, 4.69) is 90.0 Å². The van der Waals surface area contributed by atoms with Gasteiger partial charge in [-0.15, -0.1) is 5.10 Å². The summed E-state index contributed by atoms with van der Waals surface area (Å²) < 4.78 is 14.5. The third-order valence-corrected chi connectivity index (χ3v) is 14.0. The molecule has 0 aliphatic heterocycles. The second kappa shape index (κ2) is 39.7. The van der Waals surface area contributed by atoms with Crippen molar-refractivity contribution in [3.63, 3.8) is 0 Å². The van der Waals surface area contributed by atoms with Crippen molar-refractivity contribution in [3.05, 3.63) is 142 Å². The monoisotopic (exact) mass is 996 g/mol. The molecule has 0 saturated heterocycles. The number of hydrogen-bond donors (Lipinski definition) is 0. The van der Waals surface area contributed by atoms with Crippen LogP contribution < -0.4 is 9.47 Å². The third kappa shape index (κ3) is 28.1. The van der Waals surface area contributed by atoms with Crippen molar-refractivity contribution in [3.8, 4) is 47.0 Å². The first kappa shape index (κ1) is 59.2. The molecule has 0 atom stereocenters. The fourth-order valence-electron chi connectivity index (χ4n) is 9.40. The average molecular weight is 997 g/mol. The molecule has 5 aromatic rings. The quantitative estimate of drug-likeness (QED) is 0.0292. The Morgan fingerprint density at radius 2 is 0.622 bits per heavy atom. The van der Waals surface area contributed by atoms with Gasteiger partial charge < -0.3 is 9.47 Å². The molecule has 5 nitrogen and oxygen atoms in total. The molecule has 396 valence electrons. The molecular formula is C69H93N3O2. The van der Waals surface area contributed by atoms with Gasteiger partial charge in [-0.05, 0) is 91.2 Å². The fourth-order valence-corrected chi connectivity index (χ4v) is 9.40. The van der Waals surface area contributed by atoms with Crippen molar-refractivity contribution >= 4 is 0 Å². The van der Waals surface area contributed by atoms with E-state index < -0.39 is 0 Å². The van der Waals surface area contributed by atoms with E-state index in [9.17, 15) is 0 Å². The Morgan fingerprint density at radius 3 is 0.919 bits per heavy atom. The SMILES string of the molecule is CCCCCCCCCCCCCCCCCCOc1cc(C#Cc2ccc(C#Cc3ccc(C#Cc4ccc(Cn5ccnn5)cc4)cc3)cc2)cc(OCCCCCCCCCCCCCCCCCC)c1. The summed E-state index contributed by atoms with van der Waals surface area (Å²) in [6.45, 7) is 6.72. The Balaban J connectivity index is 1.03. The second-order valence-electron chi connectivity index (χ2n) is 20.7. The predicted molar refractivity (Wildman–Crippen MR) is 313 cm³/mol. The van der Waals surface area contributed by atoms with Gasteiger partial charge in [-0.25, -0.2) is 4.68 Å². The van der Waals surface area contributed by atoms with Gasteiger partial charge >= 0.3 is 0 Å². The molecular weight excluding hydrogens is 903 g/mol. The van der Waals surface area contributed by atoms with E-state index in [0.717, 1.165) is 76.5 Å². The first-order chi connectivity index (χ1) is 36.7. The molecule has 4 aromatic carbocycles. The molecule has 0 aliphatic rings. The lowest BCUT2D eigenvalue weighted by molar-refractivity contribution is 0.289. The Hall–Kier alpha value is -5.70. The summed E-state index contributed by atoms with van der Waals surface area (Å²) >= 11 is 0. The summed E-state index contributed by atoms with van der Waals surface area (Å²) in [5, 5.41) is 7.91. The van der Waals surface area contributed by atoms with Crippen molar-refractivity contribution in [2.24, 2.45) is 0 Å². The maximum Gasteiger partial charge on any atom is 0.124 e. The van der Waals surface area contributed by atoms with Crippen molar-refractivity contribution in [2.45, 2.75) is 226 Å². The minimum Gasteiger partial charge on any atom is -0.493 e. The standard InChI is InChI=1S/C69H93N3O2/c1-3-5-7-9-11-13-15-17-19-21-23-25-27-29-31-33-55-73-68-57-67(58-69(59-68)74-56-34-32-30-28-26-24-22-20-18-16-14-12-10-8-6-4-2)52-49-64-44-41-63(42-45-64)40-37-61-35-38-62(39-36-61)43-46-65-47-50-66(51-48-65)60-72-54-53-70-71-72/h35-36,38-39,41-42,44-45,47-48,50-51,53-54,57-59H,3-34,55-56,60H2,1-2H3. The van der Waals surface area contributed by atoms with Gasteiger partial charge in [0.25, 0.3) is 0 Å². The predicted octanol–water partition coefficient (Wildman–Crippen LogP) is 18.8. The van der Waals surface area contributed by atoms with Gasteiger partial charge in [0.2, 0.25) is 0 Å². The van der Waals surface area contributed by atoms with Crippen molar-refractivity contribution in [1.29, 1.82) is 0 Å². The van der Waals surface area contributed by atoms with E-state index >= 15 is 0 Å². The van der Waals surface area contributed by atoms with Crippen LogP contribution in [0.5, 0.6) is 11.5 Å². The minimum atomic E-state index is 0.690. The Labute approximate surface area is 450 Å². The zero-order chi connectivity index (χ0) is 51.6. The number of hydrogen-bond acceptors (Lipinski definition) is 4. The zero-order valence-corrected chi connectivity index (χ0v) is 46.2. The first-order valence-corrected chi connectivity index (χ1v) is 29.8. The van der Waals surface area contributed by atoms with Crippen LogP contribution >= 0.6 is 0 Å². The summed E-state index contributed by atoms with van der Waals surface area (Å²) in [7, 11) is 0. The summed E-state index contributed by atoms with van der Waals surface area (Å²) in [6, 6.07) is 30.7. The van der Waals surface area contributed by atoms with E-state index in [-0.39, 0.29) is 0 Å². The smallest absolute Gasteiger partial charge is 0.124 e. The van der Waals surface area contributed by atoms with Gasteiger partial charge in [0.15, 0.2) is 0 Å². The molecule has 5 rings (SSSR count). The summed E-state index contributed by atoms with van der Waals surface area (Å²) in [5.74, 6) is 21.6. The van der Waals surface area contributed by atoms with Gasteiger partial charge in [0, 0.05) is 45.6 Å². The minimum absolute atomic E-state index is 0.690. The van der Waals surface area contributed by atoms with Crippen LogP contribution in [0.25, 0.3) is 0 Å². The van der Waals surface area contributed by atoms with Gasteiger partial charge in [-0.2, -0.15) is 0 Å². The molecule has 0 saturated carbocycles. The molecule has 0 bridgehead atoms. The first-order valence-electron chi connectivity index (χ1n) is 29.8. The molecule has 0 unspecified atom stereocenters. The number of rotatable bonds is 38. The highest BCUT2D eigenvalue weighted by Crippen LogP contribution is 2.24. The molecule has 5 heteroatoms. The van der Waals surface area contributed by atoms with Crippen LogP contribution in [0, 0.1) is 35.5 Å². The molecule has 0 spiro atoms. The van der Waals surface area contributed by atoms with E-state index in [1.54, 1.807) is 10.9 Å². The van der Waals surface area contributed by atoms with E-state index in [0.29, 0.717) is 6.54 Å². The Kier molecular flexibility index (Phi) is 31.8. The normalized spacial score (nSPS) is 10.8. The maximum atomic E-state index is 6.35. The number of ether oxygens (including phenoxy) is 2. The summed E-state index contributed by atoms with van der Waals surface area (Å²) in [5.41, 5.74) is 6.82. The van der Waals surface area contributed by atoms with Gasteiger partial charge in [0.1, 0.15) is 11.5 Å². The molecule has 1 heterocycles. The average Bonchev–Trinajstić information content (AvgIpc) is 3.95. The topological polar surface area (TPSA) is 49.2 Å². The lowest BCUT2D eigenvalue weighted by atomic mass is 10.0. The number of nitrogens with zero attached hydrogens (tertiary/aromatic N) is 3. The summed E-state index contributed by atoms with van der Waals surface area (Å²) in [4.78, 5) is 0. The zero-order valence-electron chi connectivity index (χ0n) is 46.2.